The molecule has 0 aromatic rings. The van der Waals surface area contributed by atoms with E-state index >= 15 is 0 Å². The van der Waals surface area contributed by atoms with Gasteiger partial charge in [-0.05, 0) is 65.8 Å². The third-order valence-corrected chi connectivity index (χ3v) is 5.10. The zero-order valence-corrected chi connectivity index (χ0v) is 15.2. The van der Waals surface area contributed by atoms with Crippen molar-refractivity contribution in [2.45, 2.75) is 90.0 Å². The summed E-state index contributed by atoms with van der Waals surface area (Å²) in [5.41, 5.74) is -0.464. The van der Waals surface area contributed by atoms with Crippen LogP contribution >= 0.6 is 0 Å². The molecule has 0 aromatic carbocycles. The number of alkyl carbamates (subject to hydrolysis) is 1. The van der Waals surface area contributed by atoms with Gasteiger partial charge in [-0.15, -0.1) is 0 Å². The molecule has 0 spiro atoms. The van der Waals surface area contributed by atoms with Crippen molar-refractivity contribution in [1.82, 2.24) is 10.2 Å². The fourth-order valence-corrected chi connectivity index (χ4v) is 3.88. The second-order valence-electron chi connectivity index (χ2n) is 8.25. The molecule has 134 valence electrons. The maximum atomic E-state index is 12.0. The number of aliphatic hydroxyl groups excluding tert-OH is 1. The highest BCUT2D eigenvalue weighted by Crippen LogP contribution is 2.28. The number of piperidine rings is 1. The van der Waals surface area contributed by atoms with E-state index in [0.717, 1.165) is 45.2 Å². The number of nitrogens with zero attached hydrogens (tertiary/aromatic N) is 1. The van der Waals surface area contributed by atoms with E-state index in [-0.39, 0.29) is 18.2 Å². The topological polar surface area (TPSA) is 61.8 Å². The normalized spacial score (nSPS) is 31.4. The first-order valence-corrected chi connectivity index (χ1v) is 9.18. The molecule has 1 aliphatic heterocycles. The number of carbonyl (C=O) groups excluding carboxylic acids is 1. The lowest BCUT2D eigenvalue weighted by Crippen LogP contribution is -2.53. The van der Waals surface area contributed by atoms with Crippen LogP contribution in [0.5, 0.6) is 0 Å². The molecular formula is C18H34N2O3. The lowest BCUT2D eigenvalue weighted by molar-refractivity contribution is -0.00464. The van der Waals surface area contributed by atoms with Gasteiger partial charge in [-0.2, -0.15) is 0 Å². The van der Waals surface area contributed by atoms with Crippen LogP contribution in [0.2, 0.25) is 0 Å². The third kappa shape index (κ3) is 5.64. The predicted octanol–water partition coefficient (Wildman–Crippen LogP) is 2.92. The minimum absolute atomic E-state index is 0.0911. The molecule has 5 nitrogen and oxygen atoms in total. The number of nitrogens with one attached hydrogen (secondary N) is 1. The van der Waals surface area contributed by atoms with Crippen LogP contribution in [-0.2, 0) is 4.74 Å². The van der Waals surface area contributed by atoms with Crippen LogP contribution < -0.4 is 5.32 Å². The Kier molecular flexibility index (Phi) is 6.32. The first-order valence-electron chi connectivity index (χ1n) is 9.18. The van der Waals surface area contributed by atoms with Crippen LogP contribution in [0.15, 0.2) is 0 Å². The molecule has 0 radical (unpaired) electrons. The van der Waals surface area contributed by atoms with Gasteiger partial charge in [0.25, 0.3) is 0 Å². The van der Waals surface area contributed by atoms with Gasteiger partial charge in [0.15, 0.2) is 0 Å². The summed E-state index contributed by atoms with van der Waals surface area (Å²) in [4.78, 5) is 14.4. The quantitative estimate of drug-likeness (QED) is 0.837. The molecule has 4 atom stereocenters. The summed E-state index contributed by atoms with van der Waals surface area (Å²) in [6, 6.07) is 0.397. The summed E-state index contributed by atoms with van der Waals surface area (Å²) in [6.45, 7) is 9.73. The summed E-state index contributed by atoms with van der Waals surface area (Å²) in [7, 11) is 0. The van der Waals surface area contributed by atoms with Gasteiger partial charge in [0.2, 0.25) is 0 Å². The molecule has 1 aliphatic carbocycles. The predicted molar refractivity (Wildman–Crippen MR) is 91.4 cm³/mol. The van der Waals surface area contributed by atoms with Gasteiger partial charge in [-0.3, -0.25) is 4.90 Å². The number of amides is 1. The summed E-state index contributed by atoms with van der Waals surface area (Å²) >= 11 is 0. The Balaban J connectivity index is 1.86. The molecule has 2 fully saturated rings. The van der Waals surface area contributed by atoms with E-state index in [4.69, 9.17) is 4.74 Å². The number of ether oxygens (including phenoxy) is 1. The first kappa shape index (κ1) is 18.5. The van der Waals surface area contributed by atoms with Crippen LogP contribution in [-0.4, -0.2) is 53.0 Å². The van der Waals surface area contributed by atoms with E-state index in [1.807, 2.05) is 20.8 Å². The minimum Gasteiger partial charge on any atom is -0.444 e. The molecule has 0 bridgehead atoms. The van der Waals surface area contributed by atoms with E-state index in [9.17, 15) is 9.90 Å². The third-order valence-electron chi connectivity index (χ3n) is 5.10. The Morgan fingerprint density at radius 3 is 2.57 bits per heavy atom. The maximum Gasteiger partial charge on any atom is 0.407 e. The molecule has 1 saturated carbocycles. The number of aliphatic hydroxyl groups is 1. The first-order chi connectivity index (χ1) is 10.8. The molecule has 1 saturated heterocycles. The van der Waals surface area contributed by atoms with Gasteiger partial charge in [-0.1, -0.05) is 12.8 Å². The second-order valence-corrected chi connectivity index (χ2v) is 8.25. The molecule has 1 heterocycles. The Morgan fingerprint density at radius 1 is 1.22 bits per heavy atom. The van der Waals surface area contributed by atoms with Crippen molar-refractivity contribution in [1.29, 1.82) is 0 Å². The van der Waals surface area contributed by atoms with Gasteiger partial charge < -0.3 is 15.2 Å². The van der Waals surface area contributed by atoms with Gasteiger partial charge >= 0.3 is 6.09 Å². The lowest BCUT2D eigenvalue weighted by atomic mass is 9.86. The van der Waals surface area contributed by atoms with Crippen molar-refractivity contribution in [2.24, 2.45) is 5.92 Å². The summed E-state index contributed by atoms with van der Waals surface area (Å²) in [6.07, 6.45) is 6.13. The molecule has 4 unspecified atom stereocenters. The van der Waals surface area contributed by atoms with Gasteiger partial charge in [0.1, 0.15) is 5.60 Å². The van der Waals surface area contributed by atoms with E-state index in [0.29, 0.717) is 12.0 Å². The average molecular weight is 326 g/mol. The molecule has 2 rings (SSSR count). The zero-order chi connectivity index (χ0) is 17.0. The lowest BCUT2D eigenvalue weighted by Gasteiger charge is -2.43. The molecule has 0 aromatic heterocycles. The van der Waals surface area contributed by atoms with Crippen molar-refractivity contribution in [3.05, 3.63) is 0 Å². The van der Waals surface area contributed by atoms with E-state index in [1.165, 1.54) is 6.42 Å². The largest absolute Gasteiger partial charge is 0.444 e. The molecule has 23 heavy (non-hydrogen) atoms. The molecule has 5 heteroatoms. The molecule has 2 N–H and O–H groups in total. The van der Waals surface area contributed by atoms with Crippen molar-refractivity contribution in [3.8, 4) is 0 Å². The highest BCUT2D eigenvalue weighted by atomic mass is 16.6. The summed E-state index contributed by atoms with van der Waals surface area (Å²) in [5, 5.41) is 13.3. The maximum absolute atomic E-state index is 12.0. The van der Waals surface area contributed by atoms with Gasteiger partial charge in [-0.25, -0.2) is 4.79 Å². The van der Waals surface area contributed by atoms with E-state index in [2.05, 4.69) is 17.1 Å². The van der Waals surface area contributed by atoms with Crippen LogP contribution in [0.1, 0.15) is 66.2 Å². The molecule has 2 aliphatic rings. The highest BCUT2D eigenvalue weighted by Gasteiger charge is 2.34. The van der Waals surface area contributed by atoms with Crippen LogP contribution in [0.25, 0.3) is 0 Å². The second kappa shape index (κ2) is 7.84. The van der Waals surface area contributed by atoms with Crippen LogP contribution in [0.4, 0.5) is 4.79 Å². The fraction of sp³-hybridized carbons (Fsp3) is 0.944. The highest BCUT2D eigenvalue weighted by molar-refractivity contribution is 5.68. The Bertz CT molecular complexity index is 394. The number of hydrogen-bond acceptors (Lipinski definition) is 4. The average Bonchev–Trinajstić information content (AvgIpc) is 2.45. The van der Waals surface area contributed by atoms with Crippen molar-refractivity contribution in [3.63, 3.8) is 0 Å². The number of rotatable bonds is 3. The zero-order valence-electron chi connectivity index (χ0n) is 15.2. The molecular weight excluding hydrogens is 292 g/mol. The summed E-state index contributed by atoms with van der Waals surface area (Å²) in [5.74, 6) is 0.422. The summed E-state index contributed by atoms with van der Waals surface area (Å²) < 4.78 is 5.36. The van der Waals surface area contributed by atoms with Crippen molar-refractivity contribution >= 4 is 6.09 Å². The molecule has 1 amide bonds. The minimum atomic E-state index is -0.464. The van der Waals surface area contributed by atoms with Crippen molar-refractivity contribution in [2.75, 3.05) is 13.1 Å². The standard InChI is InChI=1S/C18H34N2O3/c1-13(19-17(22)23-18(2,3)4)14-8-7-11-20(12-14)15-9-5-6-10-16(15)21/h13-16,21H,5-12H2,1-4H3,(H,19,22). The van der Waals surface area contributed by atoms with Crippen LogP contribution in [0.3, 0.4) is 0 Å². The van der Waals surface area contributed by atoms with Crippen LogP contribution in [0, 0.1) is 5.92 Å². The SMILES string of the molecule is CC(NC(=O)OC(C)(C)C)C1CCCN(C2CCCCC2O)C1. The number of hydrogen-bond donors (Lipinski definition) is 2. The number of likely N-dealkylation sites (tertiary alicyclic amines) is 1. The van der Waals surface area contributed by atoms with E-state index in [1.54, 1.807) is 0 Å². The van der Waals surface area contributed by atoms with Gasteiger partial charge in [0, 0.05) is 18.6 Å². The number of carbonyl (C=O) groups is 1. The fourth-order valence-electron chi connectivity index (χ4n) is 3.88. The smallest absolute Gasteiger partial charge is 0.407 e. The Hall–Kier alpha value is -0.810. The Labute approximate surface area is 140 Å². The van der Waals surface area contributed by atoms with E-state index < -0.39 is 5.60 Å². The van der Waals surface area contributed by atoms with Crippen molar-refractivity contribution < 1.29 is 14.6 Å². The monoisotopic (exact) mass is 326 g/mol. The van der Waals surface area contributed by atoms with Gasteiger partial charge in [0.05, 0.1) is 6.10 Å². The Morgan fingerprint density at radius 2 is 1.91 bits per heavy atom.